The van der Waals surface area contributed by atoms with Crippen molar-refractivity contribution < 1.29 is 18.6 Å². The first-order valence-electron chi connectivity index (χ1n) is 9.78. The largest absolute Gasteiger partial charge is 0.379 e. The monoisotopic (exact) mass is 388 g/mol. The van der Waals surface area contributed by atoms with Crippen LogP contribution >= 0.6 is 0 Å². The molecule has 0 N–H and O–H groups in total. The number of hydrogen-bond acceptors (Lipinski definition) is 7. The summed E-state index contributed by atoms with van der Waals surface area (Å²) in [4.78, 5) is 17.1. The maximum atomic E-state index is 12.8. The highest BCUT2D eigenvalue weighted by atomic mass is 16.5. The fourth-order valence-corrected chi connectivity index (χ4v) is 4.41. The summed E-state index contributed by atoms with van der Waals surface area (Å²) in [6.07, 6.45) is 0.508. The molecule has 28 heavy (non-hydrogen) atoms. The van der Waals surface area contributed by atoms with Gasteiger partial charge in [-0.3, -0.25) is 9.69 Å². The summed E-state index contributed by atoms with van der Waals surface area (Å²) in [5.41, 5.74) is 3.73. The summed E-state index contributed by atoms with van der Waals surface area (Å²) >= 11 is 0. The van der Waals surface area contributed by atoms with Crippen LogP contribution in [0.1, 0.15) is 40.5 Å². The van der Waals surface area contributed by atoms with Gasteiger partial charge < -0.3 is 18.7 Å². The highest BCUT2D eigenvalue weighted by molar-refractivity contribution is 5.79. The zero-order chi connectivity index (χ0) is 19.9. The van der Waals surface area contributed by atoms with Crippen molar-refractivity contribution in [2.24, 2.45) is 5.41 Å². The topological polar surface area (TPSA) is 84.8 Å². The van der Waals surface area contributed by atoms with Gasteiger partial charge in [0, 0.05) is 49.1 Å². The zero-order valence-corrected chi connectivity index (χ0v) is 17.1. The number of rotatable bonds is 4. The number of amides is 1. The third kappa shape index (κ3) is 3.58. The van der Waals surface area contributed by atoms with Crippen molar-refractivity contribution in [3.63, 3.8) is 0 Å². The van der Waals surface area contributed by atoms with Gasteiger partial charge in [0.15, 0.2) is 0 Å². The van der Waals surface area contributed by atoms with Gasteiger partial charge in [0.05, 0.1) is 31.1 Å². The van der Waals surface area contributed by atoms with E-state index in [0.29, 0.717) is 32.7 Å². The first kappa shape index (κ1) is 19.1. The smallest absolute Gasteiger partial charge is 0.223 e. The van der Waals surface area contributed by atoms with E-state index >= 15 is 0 Å². The predicted molar refractivity (Wildman–Crippen MR) is 101 cm³/mol. The minimum absolute atomic E-state index is 0.169. The summed E-state index contributed by atoms with van der Waals surface area (Å²) in [5.74, 6) is 1.81. The molecule has 1 amide bonds. The van der Waals surface area contributed by atoms with E-state index < -0.39 is 0 Å². The number of carbonyl (C=O) groups excluding carboxylic acids is 1. The van der Waals surface area contributed by atoms with E-state index in [1.54, 1.807) is 0 Å². The molecule has 0 radical (unpaired) electrons. The van der Waals surface area contributed by atoms with Crippen LogP contribution in [0.4, 0.5) is 0 Å². The summed E-state index contributed by atoms with van der Waals surface area (Å²) < 4.78 is 16.5. The molecule has 2 fully saturated rings. The lowest BCUT2D eigenvalue weighted by molar-refractivity contribution is -0.128. The molecule has 4 rings (SSSR count). The van der Waals surface area contributed by atoms with Gasteiger partial charge in [0.1, 0.15) is 11.5 Å². The second kappa shape index (κ2) is 7.33. The molecule has 0 aromatic carbocycles. The highest BCUT2D eigenvalue weighted by Gasteiger charge is 2.45. The van der Waals surface area contributed by atoms with Crippen LogP contribution in [0.5, 0.6) is 0 Å². The number of ether oxygens (including phenoxy) is 1. The molecular formula is C20H28N4O4. The molecule has 1 atom stereocenters. The number of likely N-dealkylation sites (tertiary alicyclic amines) is 1. The summed E-state index contributed by atoms with van der Waals surface area (Å²) in [7, 11) is 0. The average molecular weight is 388 g/mol. The van der Waals surface area contributed by atoms with Crippen molar-refractivity contribution in [2.75, 3.05) is 32.8 Å². The summed E-state index contributed by atoms with van der Waals surface area (Å²) in [5, 5.41) is 8.08. The van der Waals surface area contributed by atoms with Crippen molar-refractivity contribution >= 4 is 5.91 Å². The molecule has 0 aliphatic carbocycles. The molecule has 2 saturated heterocycles. The third-order valence-electron chi connectivity index (χ3n) is 6.02. The maximum absolute atomic E-state index is 12.8. The van der Waals surface area contributed by atoms with E-state index in [1.807, 2.05) is 32.6 Å². The van der Waals surface area contributed by atoms with Gasteiger partial charge >= 0.3 is 0 Å². The Hall–Kier alpha value is -2.19. The Bertz CT molecular complexity index is 835. The molecule has 8 nitrogen and oxygen atoms in total. The van der Waals surface area contributed by atoms with E-state index in [0.717, 1.165) is 53.7 Å². The van der Waals surface area contributed by atoms with Crippen molar-refractivity contribution in [3.05, 3.63) is 34.0 Å². The van der Waals surface area contributed by atoms with Crippen LogP contribution in [0.15, 0.2) is 9.05 Å². The van der Waals surface area contributed by atoms with Gasteiger partial charge in [0.2, 0.25) is 5.91 Å². The summed E-state index contributed by atoms with van der Waals surface area (Å²) in [6, 6.07) is 0. The molecule has 4 heterocycles. The Labute approximate surface area is 164 Å². The number of aryl methyl sites for hydroxylation is 4. The Kier molecular flexibility index (Phi) is 5.01. The Morgan fingerprint density at radius 2 is 1.61 bits per heavy atom. The molecule has 152 valence electrons. The number of carbonyl (C=O) groups is 1. The van der Waals surface area contributed by atoms with Gasteiger partial charge in [-0.2, -0.15) is 0 Å². The van der Waals surface area contributed by atoms with E-state index in [2.05, 4.69) is 15.2 Å². The van der Waals surface area contributed by atoms with Crippen LogP contribution in [0, 0.1) is 33.1 Å². The third-order valence-corrected chi connectivity index (χ3v) is 6.02. The van der Waals surface area contributed by atoms with E-state index in [1.165, 1.54) is 0 Å². The lowest BCUT2D eigenvalue weighted by Gasteiger charge is -2.31. The summed E-state index contributed by atoms with van der Waals surface area (Å²) in [6.45, 7) is 12.7. The lowest BCUT2D eigenvalue weighted by atomic mass is 9.87. The minimum atomic E-state index is -0.189. The first-order valence-corrected chi connectivity index (χ1v) is 9.78. The van der Waals surface area contributed by atoms with Gasteiger partial charge in [-0.25, -0.2) is 0 Å². The minimum Gasteiger partial charge on any atom is -0.379 e. The molecular weight excluding hydrogens is 360 g/mol. The van der Waals surface area contributed by atoms with Crippen molar-refractivity contribution in [1.29, 1.82) is 0 Å². The molecule has 0 bridgehead atoms. The molecule has 1 spiro atoms. The second-order valence-corrected chi connectivity index (χ2v) is 8.30. The molecule has 0 saturated carbocycles. The predicted octanol–water partition coefficient (Wildman–Crippen LogP) is 2.15. The van der Waals surface area contributed by atoms with Crippen LogP contribution in [0.2, 0.25) is 0 Å². The van der Waals surface area contributed by atoms with Crippen molar-refractivity contribution in [1.82, 2.24) is 20.1 Å². The van der Waals surface area contributed by atoms with Crippen LogP contribution in [-0.4, -0.2) is 58.9 Å². The molecule has 2 aliphatic rings. The fourth-order valence-electron chi connectivity index (χ4n) is 4.41. The Balaban J connectivity index is 1.49. The van der Waals surface area contributed by atoms with Gasteiger partial charge in [-0.1, -0.05) is 10.3 Å². The zero-order valence-electron chi connectivity index (χ0n) is 17.1. The second-order valence-electron chi connectivity index (χ2n) is 8.30. The van der Waals surface area contributed by atoms with Crippen LogP contribution in [0.3, 0.4) is 0 Å². The number of hydrogen-bond donors (Lipinski definition) is 0. The van der Waals surface area contributed by atoms with Crippen molar-refractivity contribution in [3.8, 4) is 0 Å². The standard InChI is InChI=1S/C20H28N4O4/c1-13-17(15(3)27-21-13)8-23-5-6-26-12-20(10-23)7-19(25)24(11-20)9-18-14(2)22-28-16(18)4/h5-12H2,1-4H3/t20-/m0/s1. The van der Waals surface area contributed by atoms with Crippen LogP contribution < -0.4 is 0 Å². The van der Waals surface area contributed by atoms with Crippen molar-refractivity contribution in [2.45, 2.75) is 47.2 Å². The van der Waals surface area contributed by atoms with Gasteiger partial charge in [0.25, 0.3) is 0 Å². The molecule has 2 aliphatic heterocycles. The normalized spacial score (nSPS) is 23.7. The molecule has 2 aromatic heterocycles. The maximum Gasteiger partial charge on any atom is 0.223 e. The van der Waals surface area contributed by atoms with E-state index in [-0.39, 0.29) is 11.3 Å². The Morgan fingerprint density at radius 3 is 2.21 bits per heavy atom. The fraction of sp³-hybridized carbons (Fsp3) is 0.650. The number of nitrogens with zero attached hydrogens (tertiary/aromatic N) is 4. The molecule has 8 heteroatoms. The Morgan fingerprint density at radius 1 is 0.964 bits per heavy atom. The van der Waals surface area contributed by atoms with Crippen LogP contribution in [-0.2, 0) is 22.6 Å². The van der Waals surface area contributed by atoms with Gasteiger partial charge in [-0.05, 0) is 27.7 Å². The van der Waals surface area contributed by atoms with Gasteiger partial charge in [-0.15, -0.1) is 0 Å². The molecule has 0 unspecified atom stereocenters. The first-order chi connectivity index (χ1) is 13.4. The average Bonchev–Trinajstić information content (AvgIpc) is 3.18. The highest BCUT2D eigenvalue weighted by Crippen LogP contribution is 2.36. The number of aromatic nitrogens is 2. The van der Waals surface area contributed by atoms with E-state index in [4.69, 9.17) is 13.8 Å². The molecule has 2 aromatic rings. The SMILES string of the molecule is Cc1noc(C)c1CN1CCOC[C@@]2(CC(=O)N(Cc3c(C)noc3C)C2)C1. The lowest BCUT2D eigenvalue weighted by Crippen LogP contribution is -2.40. The van der Waals surface area contributed by atoms with E-state index in [9.17, 15) is 4.79 Å². The van der Waals surface area contributed by atoms with Crippen LogP contribution in [0.25, 0.3) is 0 Å². The quantitative estimate of drug-likeness (QED) is 0.793.